The second kappa shape index (κ2) is 4.48. The fourth-order valence-electron chi connectivity index (χ4n) is 1.73. The molecule has 1 fully saturated rings. The number of nitrogens with zero attached hydrogens (tertiary/aromatic N) is 1. The van der Waals surface area contributed by atoms with Gasteiger partial charge < -0.3 is 14.9 Å². The summed E-state index contributed by atoms with van der Waals surface area (Å²) in [4.78, 5) is 22.5. The van der Waals surface area contributed by atoms with Gasteiger partial charge in [-0.25, -0.2) is 9.59 Å². The van der Waals surface area contributed by atoms with Gasteiger partial charge in [0.15, 0.2) is 0 Å². The van der Waals surface area contributed by atoms with E-state index in [0.29, 0.717) is 0 Å². The topological polar surface area (TPSA) is 87.1 Å². The highest BCUT2D eigenvalue weighted by Gasteiger charge is 2.40. The van der Waals surface area contributed by atoms with Gasteiger partial charge in [-0.15, -0.1) is 0 Å². The predicted molar refractivity (Wildman–Crippen MR) is 50.8 cm³/mol. The number of likely N-dealkylation sites (tertiary alicyclic amines) is 1. The molecule has 0 radical (unpaired) electrons. The van der Waals surface area contributed by atoms with Crippen LogP contribution in [-0.4, -0.2) is 52.0 Å². The summed E-state index contributed by atoms with van der Waals surface area (Å²) in [5, 5.41) is 17.6. The first kappa shape index (κ1) is 11.8. The van der Waals surface area contributed by atoms with E-state index in [9.17, 15) is 9.59 Å². The maximum absolute atomic E-state index is 10.8. The lowest BCUT2D eigenvalue weighted by Gasteiger charge is -2.17. The van der Waals surface area contributed by atoms with E-state index in [1.165, 1.54) is 0 Å². The van der Waals surface area contributed by atoms with Crippen molar-refractivity contribution in [3.8, 4) is 0 Å². The molecule has 1 aliphatic heterocycles. The molecule has 0 aliphatic carbocycles. The summed E-state index contributed by atoms with van der Waals surface area (Å²) >= 11 is 0. The highest BCUT2D eigenvalue weighted by molar-refractivity contribution is 5.80. The summed E-state index contributed by atoms with van der Waals surface area (Å²) in [6.07, 6.45) is -1.34. The number of hydrogen-bond donors (Lipinski definition) is 2. The van der Waals surface area contributed by atoms with Crippen molar-refractivity contribution in [3.63, 3.8) is 0 Å². The molecule has 0 aromatic rings. The Morgan fingerprint density at radius 1 is 1.40 bits per heavy atom. The van der Waals surface area contributed by atoms with Crippen molar-refractivity contribution in [1.29, 1.82) is 0 Å². The molecule has 1 rings (SSSR count). The lowest BCUT2D eigenvalue weighted by Crippen LogP contribution is -2.39. The maximum Gasteiger partial charge on any atom is 0.408 e. The zero-order chi connectivity index (χ0) is 11.6. The number of amides is 1. The van der Waals surface area contributed by atoms with E-state index < -0.39 is 18.1 Å². The lowest BCUT2D eigenvalue weighted by atomic mass is 10.2. The summed E-state index contributed by atoms with van der Waals surface area (Å²) in [7, 11) is 0. The minimum atomic E-state index is -1.21. The zero-order valence-electron chi connectivity index (χ0n) is 8.71. The van der Waals surface area contributed by atoms with Crippen LogP contribution in [0.5, 0.6) is 0 Å². The van der Waals surface area contributed by atoms with E-state index in [4.69, 9.17) is 14.9 Å². The fourth-order valence-corrected chi connectivity index (χ4v) is 1.73. The smallest absolute Gasteiger partial charge is 0.408 e. The van der Waals surface area contributed by atoms with Crippen molar-refractivity contribution in [2.24, 2.45) is 0 Å². The molecule has 0 aromatic heterocycles. The molecule has 6 heteroatoms. The van der Waals surface area contributed by atoms with E-state index in [1.807, 2.05) is 13.8 Å². The molecule has 86 valence electrons. The van der Waals surface area contributed by atoms with Gasteiger partial charge in [0.1, 0.15) is 6.04 Å². The monoisotopic (exact) mass is 217 g/mol. The number of aliphatic carboxylic acids is 1. The van der Waals surface area contributed by atoms with Crippen LogP contribution in [0.1, 0.15) is 20.3 Å². The van der Waals surface area contributed by atoms with Crippen molar-refractivity contribution >= 4 is 12.1 Å². The van der Waals surface area contributed by atoms with Gasteiger partial charge in [0.25, 0.3) is 0 Å². The molecular weight excluding hydrogens is 202 g/mol. The second-order valence-electron chi connectivity index (χ2n) is 3.83. The summed E-state index contributed by atoms with van der Waals surface area (Å²) in [5.74, 6) is -1.12. The molecule has 1 saturated heterocycles. The number of carboxylic acids is 1. The van der Waals surface area contributed by atoms with E-state index in [1.54, 1.807) is 0 Å². The van der Waals surface area contributed by atoms with Crippen molar-refractivity contribution in [1.82, 2.24) is 4.90 Å². The molecule has 2 N–H and O–H groups in total. The molecular formula is C9H15NO5. The number of carboxylic acid groups (broad SMARTS) is 2. The molecule has 0 aromatic carbocycles. The van der Waals surface area contributed by atoms with E-state index >= 15 is 0 Å². The van der Waals surface area contributed by atoms with Gasteiger partial charge in [0.2, 0.25) is 0 Å². The summed E-state index contributed by atoms with van der Waals surface area (Å²) in [6.45, 7) is 3.79. The van der Waals surface area contributed by atoms with E-state index in [0.717, 1.165) is 4.90 Å². The average molecular weight is 217 g/mol. The molecule has 0 unspecified atom stereocenters. The molecule has 0 bridgehead atoms. The van der Waals surface area contributed by atoms with Crippen LogP contribution in [0.15, 0.2) is 0 Å². The van der Waals surface area contributed by atoms with Crippen molar-refractivity contribution < 1.29 is 24.5 Å². The summed E-state index contributed by atoms with van der Waals surface area (Å²) < 4.78 is 5.40. The third kappa shape index (κ3) is 2.82. The maximum atomic E-state index is 10.8. The van der Waals surface area contributed by atoms with E-state index in [2.05, 4.69) is 0 Å². The van der Waals surface area contributed by atoms with Crippen LogP contribution in [0.4, 0.5) is 4.79 Å². The molecule has 1 heterocycles. The lowest BCUT2D eigenvalue weighted by molar-refractivity contribution is -0.141. The summed E-state index contributed by atoms with van der Waals surface area (Å²) in [6, 6.07) is -0.980. The molecule has 0 spiro atoms. The van der Waals surface area contributed by atoms with Crippen LogP contribution in [0.2, 0.25) is 0 Å². The highest BCUT2D eigenvalue weighted by Crippen LogP contribution is 2.21. The van der Waals surface area contributed by atoms with Gasteiger partial charge >= 0.3 is 12.1 Å². The number of carbonyl (C=O) groups is 2. The number of ether oxygens (including phenoxy) is 1. The van der Waals surface area contributed by atoms with Crippen molar-refractivity contribution in [3.05, 3.63) is 0 Å². The first-order chi connectivity index (χ1) is 6.91. The van der Waals surface area contributed by atoms with Gasteiger partial charge in [-0.2, -0.15) is 0 Å². The first-order valence-electron chi connectivity index (χ1n) is 4.79. The minimum absolute atomic E-state index is 0.0295. The third-order valence-electron chi connectivity index (χ3n) is 2.26. The average Bonchev–Trinajstić information content (AvgIpc) is 2.46. The molecule has 1 amide bonds. The third-order valence-corrected chi connectivity index (χ3v) is 2.26. The predicted octanol–water partition coefficient (Wildman–Crippen LogP) is 0.617. The Morgan fingerprint density at radius 3 is 2.33 bits per heavy atom. The molecule has 6 nitrogen and oxygen atoms in total. The Balaban J connectivity index is 2.65. The van der Waals surface area contributed by atoms with Gasteiger partial charge in [-0.1, -0.05) is 0 Å². The van der Waals surface area contributed by atoms with Gasteiger partial charge in [0, 0.05) is 6.42 Å². The summed E-state index contributed by atoms with van der Waals surface area (Å²) in [5.41, 5.74) is 0. The van der Waals surface area contributed by atoms with Crippen molar-refractivity contribution in [2.75, 3.05) is 6.54 Å². The first-order valence-corrected chi connectivity index (χ1v) is 4.79. The van der Waals surface area contributed by atoms with Crippen LogP contribution in [0.3, 0.4) is 0 Å². The molecule has 2 atom stereocenters. The Hall–Kier alpha value is -1.30. The molecule has 0 saturated carbocycles. The molecule has 1 aliphatic rings. The van der Waals surface area contributed by atoms with Gasteiger partial charge in [-0.05, 0) is 13.8 Å². The fraction of sp³-hybridized carbons (Fsp3) is 0.778. The number of hydrogen-bond acceptors (Lipinski definition) is 3. The Morgan fingerprint density at radius 2 is 2.00 bits per heavy atom. The SMILES string of the molecule is CC(C)O[C@@H]1C[C@@H](C(=O)O)N(C(=O)O)C1. The Labute approximate surface area is 87.4 Å². The van der Waals surface area contributed by atoms with Gasteiger partial charge in [-0.3, -0.25) is 4.90 Å². The van der Waals surface area contributed by atoms with Crippen LogP contribution in [0, 0.1) is 0 Å². The normalized spacial score (nSPS) is 25.9. The van der Waals surface area contributed by atoms with Crippen LogP contribution >= 0.6 is 0 Å². The van der Waals surface area contributed by atoms with Crippen molar-refractivity contribution in [2.45, 2.75) is 38.5 Å². The van der Waals surface area contributed by atoms with E-state index in [-0.39, 0.29) is 25.2 Å². The minimum Gasteiger partial charge on any atom is -0.480 e. The number of rotatable bonds is 3. The largest absolute Gasteiger partial charge is 0.480 e. The van der Waals surface area contributed by atoms with Crippen LogP contribution in [-0.2, 0) is 9.53 Å². The molecule has 15 heavy (non-hydrogen) atoms. The quantitative estimate of drug-likeness (QED) is 0.723. The zero-order valence-corrected chi connectivity index (χ0v) is 8.71. The second-order valence-corrected chi connectivity index (χ2v) is 3.83. The Bertz CT molecular complexity index is 243. The highest BCUT2D eigenvalue weighted by atomic mass is 16.5. The van der Waals surface area contributed by atoms with Gasteiger partial charge in [0.05, 0.1) is 18.8 Å². The Kier molecular flexibility index (Phi) is 3.52. The van der Waals surface area contributed by atoms with Crippen LogP contribution in [0.25, 0.3) is 0 Å². The van der Waals surface area contributed by atoms with Crippen LogP contribution < -0.4 is 0 Å². The standard InChI is InChI=1S/C9H15NO5/c1-5(2)15-6-3-7(8(11)12)10(4-6)9(13)14/h5-7H,3-4H2,1-2H3,(H,11,12)(H,13,14)/t6-,7+/m1/s1.